The molecule has 2 saturated heterocycles. The Morgan fingerprint density at radius 3 is 1.45 bits per heavy atom. The summed E-state index contributed by atoms with van der Waals surface area (Å²) in [5.74, 6) is -0.0121. The molecule has 0 bridgehead atoms. The van der Waals surface area contributed by atoms with Crippen LogP contribution in [-0.2, 0) is 15.8 Å². The number of carbonyl (C=O) groups is 2. The third-order valence-electron chi connectivity index (χ3n) is 7.91. The topological polar surface area (TPSA) is 47.1 Å². The van der Waals surface area contributed by atoms with E-state index in [4.69, 9.17) is 0 Å². The van der Waals surface area contributed by atoms with E-state index in [0.717, 1.165) is 76.5 Å². The minimum atomic E-state index is -4.35. The van der Waals surface area contributed by atoms with Crippen LogP contribution in [0.1, 0.15) is 28.7 Å². The van der Waals surface area contributed by atoms with Gasteiger partial charge in [0.15, 0.2) is 0 Å². The minimum Gasteiger partial charge on any atom is -0.337 e. The van der Waals surface area contributed by atoms with Crippen molar-refractivity contribution in [3.63, 3.8) is 0 Å². The zero-order chi connectivity index (χ0) is 31.4. The molecule has 4 rings (SSSR count). The zero-order valence-electron chi connectivity index (χ0n) is 25.3. The Bertz CT molecular complexity index is 1330. The molecule has 2 aliphatic rings. The summed E-state index contributed by atoms with van der Waals surface area (Å²) in [7, 11) is 0. The Hall–Kier alpha value is -3.95. The van der Waals surface area contributed by atoms with Gasteiger partial charge in [0.05, 0.1) is 5.56 Å². The van der Waals surface area contributed by atoms with Gasteiger partial charge in [0.25, 0.3) is 0 Å². The van der Waals surface area contributed by atoms with Crippen LogP contribution in [0.5, 0.6) is 0 Å². The highest BCUT2D eigenvalue weighted by Crippen LogP contribution is 2.29. The fraction of sp³-hybridized carbons (Fsp3) is 0.371. The number of halogens is 3. The predicted molar refractivity (Wildman–Crippen MR) is 170 cm³/mol. The summed E-state index contributed by atoms with van der Waals surface area (Å²) < 4.78 is 38.0. The van der Waals surface area contributed by atoms with Crippen molar-refractivity contribution >= 4 is 24.0 Å². The van der Waals surface area contributed by atoms with E-state index in [0.29, 0.717) is 18.7 Å². The van der Waals surface area contributed by atoms with Gasteiger partial charge in [0.2, 0.25) is 11.8 Å². The van der Waals surface area contributed by atoms with E-state index in [9.17, 15) is 22.8 Å². The van der Waals surface area contributed by atoms with Crippen LogP contribution in [-0.4, -0.2) is 96.9 Å². The smallest absolute Gasteiger partial charge is 0.337 e. The SMILES string of the molecule is Cc1ccc(/C=C/C=C/C(=O)N2CCN(CCCN3CCN(C(=O)/C=C/C=C/c4ccc(C(F)(F)F)cc4)CC3)CC2)cc1. The first-order chi connectivity index (χ1) is 21.2. The van der Waals surface area contributed by atoms with Crippen molar-refractivity contribution in [2.24, 2.45) is 0 Å². The highest BCUT2D eigenvalue weighted by Gasteiger charge is 2.29. The summed E-state index contributed by atoms with van der Waals surface area (Å²) >= 11 is 0. The number of hydrogen-bond donors (Lipinski definition) is 0. The van der Waals surface area contributed by atoms with Crippen LogP contribution in [0.4, 0.5) is 13.2 Å². The third-order valence-corrected chi connectivity index (χ3v) is 7.91. The van der Waals surface area contributed by atoms with Gasteiger partial charge in [-0.15, -0.1) is 0 Å². The second kappa shape index (κ2) is 16.2. The van der Waals surface area contributed by atoms with Gasteiger partial charge in [-0.1, -0.05) is 78.4 Å². The Balaban J connectivity index is 1.07. The van der Waals surface area contributed by atoms with Gasteiger partial charge >= 0.3 is 6.18 Å². The van der Waals surface area contributed by atoms with Gasteiger partial charge in [-0.3, -0.25) is 19.4 Å². The molecule has 0 aromatic heterocycles. The predicted octanol–water partition coefficient (Wildman–Crippen LogP) is 5.53. The monoisotopic (exact) mass is 606 g/mol. The van der Waals surface area contributed by atoms with E-state index in [1.165, 1.54) is 23.8 Å². The first-order valence-electron chi connectivity index (χ1n) is 15.1. The lowest BCUT2D eigenvalue weighted by Gasteiger charge is -2.36. The Labute approximate surface area is 258 Å². The van der Waals surface area contributed by atoms with Crippen molar-refractivity contribution in [3.8, 4) is 0 Å². The minimum absolute atomic E-state index is 0.0515. The van der Waals surface area contributed by atoms with E-state index in [-0.39, 0.29) is 11.8 Å². The van der Waals surface area contributed by atoms with Crippen LogP contribution in [0.3, 0.4) is 0 Å². The molecule has 0 unspecified atom stereocenters. The molecule has 2 fully saturated rings. The van der Waals surface area contributed by atoms with Crippen molar-refractivity contribution in [2.75, 3.05) is 65.4 Å². The second-order valence-corrected chi connectivity index (χ2v) is 11.2. The van der Waals surface area contributed by atoms with E-state index in [2.05, 4.69) is 41.0 Å². The van der Waals surface area contributed by atoms with Gasteiger partial charge in [-0.2, -0.15) is 13.2 Å². The molecule has 2 aliphatic heterocycles. The van der Waals surface area contributed by atoms with Gasteiger partial charge in [0, 0.05) is 64.5 Å². The van der Waals surface area contributed by atoms with Crippen LogP contribution in [0.25, 0.3) is 12.2 Å². The summed E-state index contributed by atoms with van der Waals surface area (Å²) in [6.07, 6.45) is 10.5. The maximum atomic E-state index is 12.7. The molecular formula is C35H41F3N4O2. The number of aryl methyl sites for hydroxylation is 1. The Kier molecular flexibility index (Phi) is 12.1. The van der Waals surface area contributed by atoms with Crippen molar-refractivity contribution in [1.29, 1.82) is 0 Å². The highest BCUT2D eigenvalue weighted by atomic mass is 19.4. The first-order valence-corrected chi connectivity index (χ1v) is 15.1. The number of alkyl halides is 3. The lowest BCUT2D eigenvalue weighted by atomic mass is 10.1. The van der Waals surface area contributed by atoms with E-state index >= 15 is 0 Å². The molecular weight excluding hydrogens is 565 g/mol. The molecule has 2 aromatic carbocycles. The fourth-order valence-corrected chi connectivity index (χ4v) is 5.18. The maximum absolute atomic E-state index is 12.7. The number of hydrogen-bond acceptors (Lipinski definition) is 4. The average Bonchev–Trinajstić information content (AvgIpc) is 3.02. The lowest BCUT2D eigenvalue weighted by Crippen LogP contribution is -2.50. The molecule has 6 nitrogen and oxygen atoms in total. The van der Waals surface area contributed by atoms with E-state index in [1.807, 2.05) is 28.0 Å². The summed E-state index contributed by atoms with van der Waals surface area (Å²) in [6, 6.07) is 13.1. The number of carbonyl (C=O) groups excluding carboxylic acids is 2. The number of rotatable bonds is 10. The molecule has 0 radical (unpaired) electrons. The molecule has 0 saturated carbocycles. The van der Waals surface area contributed by atoms with Crippen LogP contribution in [0.15, 0.2) is 85.0 Å². The van der Waals surface area contributed by atoms with E-state index in [1.54, 1.807) is 24.3 Å². The quantitative estimate of drug-likeness (QED) is 0.264. The van der Waals surface area contributed by atoms with Gasteiger partial charge in [-0.25, -0.2) is 0 Å². The fourth-order valence-electron chi connectivity index (χ4n) is 5.18. The largest absolute Gasteiger partial charge is 0.416 e. The van der Waals surface area contributed by atoms with Crippen molar-refractivity contribution in [1.82, 2.24) is 19.6 Å². The third kappa shape index (κ3) is 10.6. The van der Waals surface area contributed by atoms with Crippen LogP contribution < -0.4 is 0 Å². The molecule has 2 amide bonds. The van der Waals surface area contributed by atoms with Crippen LogP contribution >= 0.6 is 0 Å². The van der Waals surface area contributed by atoms with Crippen molar-refractivity contribution in [3.05, 3.63) is 107 Å². The zero-order valence-corrected chi connectivity index (χ0v) is 25.3. The molecule has 9 heteroatoms. The number of nitrogens with zero attached hydrogens (tertiary/aromatic N) is 4. The molecule has 2 aromatic rings. The van der Waals surface area contributed by atoms with Gasteiger partial charge in [-0.05, 0) is 49.7 Å². The van der Waals surface area contributed by atoms with Gasteiger partial charge < -0.3 is 9.80 Å². The summed E-state index contributed by atoms with van der Waals surface area (Å²) in [4.78, 5) is 33.6. The number of benzene rings is 2. The molecule has 0 atom stereocenters. The van der Waals surface area contributed by atoms with Crippen molar-refractivity contribution in [2.45, 2.75) is 19.5 Å². The molecule has 234 valence electrons. The normalized spacial score (nSPS) is 17.5. The standard InChI is InChI=1S/C35H41F3N4O2/c1-29-11-13-30(14-12-29)7-2-4-9-33(43)41-25-21-39(22-26-41)19-6-20-40-23-27-42(28-24-40)34(44)10-5-3-8-31-15-17-32(18-16-31)35(36,37)38/h2-5,7-18H,6,19-28H2,1H3/b7-2+,8-3+,9-4+,10-5+. The Morgan fingerprint density at radius 1 is 0.636 bits per heavy atom. The van der Waals surface area contributed by atoms with E-state index < -0.39 is 11.7 Å². The summed E-state index contributed by atoms with van der Waals surface area (Å²) in [5.41, 5.74) is 2.28. The first kappa shape index (κ1) is 33.0. The molecule has 0 spiro atoms. The highest BCUT2D eigenvalue weighted by molar-refractivity contribution is 5.88. The number of allylic oxidation sites excluding steroid dienone is 4. The maximum Gasteiger partial charge on any atom is 0.416 e. The average molecular weight is 607 g/mol. The lowest BCUT2D eigenvalue weighted by molar-refractivity contribution is -0.137. The number of piperazine rings is 2. The molecule has 2 heterocycles. The summed E-state index contributed by atoms with van der Waals surface area (Å²) in [6.45, 7) is 10.2. The Morgan fingerprint density at radius 2 is 1.05 bits per heavy atom. The van der Waals surface area contributed by atoms with Crippen LogP contribution in [0, 0.1) is 6.92 Å². The second-order valence-electron chi connectivity index (χ2n) is 11.2. The molecule has 0 N–H and O–H groups in total. The molecule has 0 aliphatic carbocycles. The van der Waals surface area contributed by atoms with Crippen molar-refractivity contribution < 1.29 is 22.8 Å². The van der Waals surface area contributed by atoms with Gasteiger partial charge in [0.1, 0.15) is 0 Å². The summed E-state index contributed by atoms with van der Waals surface area (Å²) in [5, 5.41) is 0. The molecule has 44 heavy (non-hydrogen) atoms. The number of amides is 2. The van der Waals surface area contributed by atoms with Crippen LogP contribution in [0.2, 0.25) is 0 Å².